The maximum Gasteiger partial charge on any atom is 0.300 e. The number of carboxylic acids is 3. The van der Waals surface area contributed by atoms with Gasteiger partial charge < -0.3 is 48.2 Å². The van der Waals surface area contributed by atoms with Crippen LogP contribution in [0.15, 0.2) is 0 Å². The molecule has 12 nitrogen and oxygen atoms in total. The van der Waals surface area contributed by atoms with Crippen molar-refractivity contribution < 1.29 is 99.9 Å². The molecule has 13 heteroatoms. The maximum atomic E-state index is 9.00. The smallest absolute Gasteiger partial charge is 0.300 e. The molecule has 0 rings (SSSR count). The summed E-state index contributed by atoms with van der Waals surface area (Å²) in [6.07, 6.45) is 0. The molecule has 0 unspecified atom stereocenters. The van der Waals surface area contributed by atoms with Gasteiger partial charge in [-0.05, 0) is 0 Å². The molecule has 0 bridgehead atoms. The fourth-order valence-corrected chi connectivity index (χ4v) is 0. The molecule has 0 aliphatic carbocycles. The van der Waals surface area contributed by atoms with Crippen LogP contribution in [0.3, 0.4) is 0 Å². The van der Waals surface area contributed by atoms with Gasteiger partial charge in [0.1, 0.15) is 0 Å². The van der Waals surface area contributed by atoms with E-state index < -0.39 is 17.9 Å². The van der Waals surface area contributed by atoms with Gasteiger partial charge in [0.15, 0.2) is 0 Å². The molecule has 0 saturated heterocycles. The van der Waals surface area contributed by atoms with Crippen LogP contribution in [0, 0.1) is 37.3 Å². The molecule has 19 heavy (non-hydrogen) atoms. The second kappa shape index (κ2) is 66.3. The number of hydrogen-bond acceptors (Lipinski definition) is 3. The molecule has 0 aliphatic rings. The van der Waals surface area contributed by atoms with E-state index in [0.717, 1.165) is 20.8 Å². The van der Waals surface area contributed by atoms with Crippen molar-refractivity contribution >= 4 is 17.9 Å². The molecule has 0 amide bonds. The van der Waals surface area contributed by atoms with Gasteiger partial charge in [0, 0.05) is 58.1 Å². The van der Waals surface area contributed by atoms with Crippen molar-refractivity contribution in [2.75, 3.05) is 0 Å². The Morgan fingerprint density at radius 1 is 0.526 bits per heavy atom. The van der Waals surface area contributed by atoms with E-state index in [4.69, 9.17) is 29.7 Å². The summed E-state index contributed by atoms with van der Waals surface area (Å²) >= 11 is 0. The summed E-state index contributed by atoms with van der Waals surface area (Å²) in [5.74, 6) is -2.50. The molecule has 0 saturated carbocycles. The molecule has 0 fully saturated rings. The average molecular weight is 456 g/mol. The van der Waals surface area contributed by atoms with Crippen molar-refractivity contribution in [3.63, 3.8) is 0 Å². The Morgan fingerprint density at radius 2 is 0.526 bits per heavy atom. The van der Waals surface area contributed by atoms with Crippen LogP contribution in [-0.4, -0.2) is 66.1 Å². The van der Waals surface area contributed by atoms with E-state index in [1.54, 1.807) is 0 Å². The summed E-state index contributed by atoms with van der Waals surface area (Å²) in [5.41, 5.74) is 0. The van der Waals surface area contributed by atoms with Crippen molar-refractivity contribution in [2.45, 2.75) is 20.8 Å². The fourth-order valence-electron chi connectivity index (χ4n) is 0. The molecular weight excluding hydrogens is 431 g/mol. The molecule has 0 aromatic rings. The van der Waals surface area contributed by atoms with Crippen LogP contribution in [0.5, 0.6) is 0 Å². The van der Waals surface area contributed by atoms with Gasteiger partial charge in [-0.2, -0.15) is 0 Å². The number of carboxylic acid groups (broad SMARTS) is 3. The Labute approximate surface area is 138 Å². The second-order valence-corrected chi connectivity index (χ2v) is 1.56. The Balaban J connectivity index is -0.00000000675. The summed E-state index contributed by atoms with van der Waals surface area (Å²) in [5, 5.41) is 22.2. The van der Waals surface area contributed by atoms with Crippen molar-refractivity contribution in [2.24, 2.45) is 0 Å². The first-order valence-electron chi connectivity index (χ1n) is 2.78. The van der Waals surface area contributed by atoms with E-state index >= 15 is 0 Å². The SMILES string of the molecule is CC(=O)O.CC(=O)O.CC(=O)O.O.O.O.O.O.O.[Er]. The minimum absolute atomic E-state index is 0. The number of aliphatic carboxylic acids is 3. The summed E-state index contributed by atoms with van der Waals surface area (Å²) in [4.78, 5) is 27.0. The van der Waals surface area contributed by atoms with Gasteiger partial charge in [0.2, 0.25) is 0 Å². The first-order valence-corrected chi connectivity index (χ1v) is 2.78. The van der Waals surface area contributed by atoms with Crippen LogP contribution >= 0.6 is 0 Å². The molecule has 0 aromatic heterocycles. The van der Waals surface area contributed by atoms with Crippen molar-refractivity contribution in [1.82, 2.24) is 0 Å². The molecule has 0 heterocycles. The summed E-state index contributed by atoms with van der Waals surface area (Å²) < 4.78 is 0. The predicted octanol–water partition coefficient (Wildman–Crippen LogP) is -4.68. The third kappa shape index (κ3) is 12200. The first kappa shape index (κ1) is 78.9. The third-order valence-corrected chi connectivity index (χ3v) is 0. The van der Waals surface area contributed by atoms with E-state index in [1.807, 2.05) is 0 Å². The number of hydrogen-bond donors (Lipinski definition) is 3. The summed E-state index contributed by atoms with van der Waals surface area (Å²) in [6.45, 7) is 3.25. The van der Waals surface area contributed by atoms with E-state index in [2.05, 4.69) is 0 Å². The topological polar surface area (TPSA) is 301 Å². The molecule has 132 valence electrons. The van der Waals surface area contributed by atoms with Gasteiger partial charge in [0.25, 0.3) is 17.9 Å². The molecular formula is C6H24ErO12. The van der Waals surface area contributed by atoms with Crippen molar-refractivity contribution in [3.8, 4) is 0 Å². The van der Waals surface area contributed by atoms with Crippen LogP contribution in [0.2, 0.25) is 0 Å². The number of rotatable bonds is 0. The van der Waals surface area contributed by atoms with Crippen LogP contribution in [0.4, 0.5) is 0 Å². The maximum absolute atomic E-state index is 9.00. The molecule has 0 atom stereocenters. The Kier molecular flexibility index (Phi) is 275. The minimum atomic E-state index is -0.833. The fraction of sp³-hybridized carbons (Fsp3) is 0.500. The molecule has 0 aromatic carbocycles. The molecule has 0 aliphatic heterocycles. The van der Waals surface area contributed by atoms with E-state index in [1.165, 1.54) is 0 Å². The molecule has 0 spiro atoms. The van der Waals surface area contributed by atoms with Crippen molar-refractivity contribution in [3.05, 3.63) is 0 Å². The average Bonchev–Trinajstić information content (AvgIpc) is 1.54. The van der Waals surface area contributed by atoms with Crippen LogP contribution < -0.4 is 0 Å². The summed E-state index contributed by atoms with van der Waals surface area (Å²) in [7, 11) is 0. The third-order valence-electron chi connectivity index (χ3n) is 0. The van der Waals surface area contributed by atoms with Gasteiger partial charge in [-0.15, -0.1) is 0 Å². The molecule has 0 radical (unpaired) electrons. The van der Waals surface area contributed by atoms with Gasteiger partial charge in [0.05, 0.1) is 0 Å². The van der Waals surface area contributed by atoms with E-state index in [9.17, 15) is 0 Å². The zero-order chi connectivity index (χ0) is 10.7. The van der Waals surface area contributed by atoms with Gasteiger partial charge in [-0.1, -0.05) is 0 Å². The Morgan fingerprint density at radius 3 is 0.526 bits per heavy atom. The van der Waals surface area contributed by atoms with Crippen LogP contribution in [0.1, 0.15) is 20.8 Å². The second-order valence-electron chi connectivity index (χ2n) is 1.56. The quantitative estimate of drug-likeness (QED) is 0.322. The molecule has 15 N–H and O–H groups in total. The first-order chi connectivity index (χ1) is 5.20. The Bertz CT molecular complexity index is 120. The van der Waals surface area contributed by atoms with Gasteiger partial charge >= 0.3 is 0 Å². The van der Waals surface area contributed by atoms with Crippen LogP contribution in [-0.2, 0) is 14.4 Å². The van der Waals surface area contributed by atoms with E-state index in [0.29, 0.717) is 0 Å². The van der Waals surface area contributed by atoms with Crippen LogP contribution in [0.25, 0.3) is 0 Å². The Hall–Kier alpha value is -0.583. The predicted molar refractivity (Wildman–Crippen MR) is 61.6 cm³/mol. The zero-order valence-corrected chi connectivity index (χ0v) is 12.2. The summed E-state index contributed by atoms with van der Waals surface area (Å²) in [6, 6.07) is 0. The largest absolute Gasteiger partial charge is 0.481 e. The van der Waals surface area contributed by atoms with Gasteiger partial charge in [-0.3, -0.25) is 14.4 Å². The number of carbonyl (C=O) groups is 3. The monoisotopic (exact) mass is 454 g/mol. The zero-order valence-electron chi connectivity index (χ0n) is 10.4. The van der Waals surface area contributed by atoms with Crippen molar-refractivity contribution in [1.29, 1.82) is 0 Å². The standard InChI is InChI=1S/3C2H4O2.Er.6H2O/c3*1-2(3)4;;;;;;;/h3*1H3,(H,3,4);;6*1H2. The van der Waals surface area contributed by atoms with E-state index in [-0.39, 0.29) is 70.2 Å². The minimum Gasteiger partial charge on any atom is -0.481 e. The van der Waals surface area contributed by atoms with Gasteiger partial charge in [-0.25, -0.2) is 0 Å². The normalized spacial score (nSPS) is 3.95.